The molecule has 2 aromatic heterocycles. The summed E-state index contributed by atoms with van der Waals surface area (Å²) in [5.74, 6) is 0. The molecule has 0 aliphatic heterocycles. The van der Waals surface area contributed by atoms with Crippen LogP contribution < -0.4 is 5.32 Å². The maximum absolute atomic E-state index is 6.16. The zero-order chi connectivity index (χ0) is 13.4. The van der Waals surface area contributed by atoms with Crippen LogP contribution >= 0.6 is 34.5 Å². The molecule has 98 valence electrons. The fourth-order valence-electron chi connectivity index (χ4n) is 2.01. The number of hydrogen-bond acceptors (Lipinski definition) is 3. The van der Waals surface area contributed by atoms with E-state index in [1.165, 1.54) is 11.3 Å². The monoisotopic (exact) mass is 311 g/mol. The van der Waals surface area contributed by atoms with Crippen LogP contribution in [-0.2, 0) is 0 Å². The van der Waals surface area contributed by atoms with Gasteiger partial charge in [0.05, 0.1) is 26.4 Å². The second kappa shape index (κ2) is 5.04. The molecule has 0 aliphatic carbocycles. The third-order valence-electron chi connectivity index (χ3n) is 2.97. The second-order valence-corrected chi connectivity index (χ2v) is 6.60. The average Bonchev–Trinajstić information content (AvgIpc) is 2.94. The lowest BCUT2D eigenvalue weighted by Crippen LogP contribution is -2.05. The van der Waals surface area contributed by atoms with Crippen molar-refractivity contribution in [1.82, 2.24) is 10.2 Å². The molecule has 6 heteroatoms. The highest BCUT2D eigenvalue weighted by molar-refractivity contribution is 7.20. The molecular formula is C13H11Cl2N3S. The SMILES string of the molecule is CC(Nc1ccc2[nH]ncc2c1)c1cc(Cl)sc1Cl. The number of fused-ring (bicyclic) bond motifs is 1. The van der Waals surface area contributed by atoms with Gasteiger partial charge in [-0.1, -0.05) is 23.2 Å². The van der Waals surface area contributed by atoms with Crippen LogP contribution in [0.1, 0.15) is 18.5 Å². The third-order valence-corrected chi connectivity index (χ3v) is 4.49. The molecule has 0 saturated carbocycles. The molecule has 19 heavy (non-hydrogen) atoms. The van der Waals surface area contributed by atoms with Gasteiger partial charge in [0.1, 0.15) is 0 Å². The van der Waals surface area contributed by atoms with Gasteiger partial charge in [0.2, 0.25) is 0 Å². The van der Waals surface area contributed by atoms with Gasteiger partial charge >= 0.3 is 0 Å². The van der Waals surface area contributed by atoms with E-state index in [9.17, 15) is 0 Å². The van der Waals surface area contributed by atoms with Gasteiger partial charge in [-0.05, 0) is 31.2 Å². The Bertz CT molecular complexity index is 720. The summed E-state index contributed by atoms with van der Waals surface area (Å²) in [5, 5.41) is 11.4. The molecule has 0 aliphatic rings. The number of H-pyrrole nitrogens is 1. The van der Waals surface area contributed by atoms with Gasteiger partial charge in [0.25, 0.3) is 0 Å². The first kappa shape index (κ1) is 12.8. The molecule has 3 aromatic rings. The van der Waals surface area contributed by atoms with Gasteiger partial charge in [-0.3, -0.25) is 5.10 Å². The van der Waals surface area contributed by atoms with E-state index in [0.717, 1.165) is 26.5 Å². The summed E-state index contributed by atoms with van der Waals surface area (Å²) < 4.78 is 1.44. The first-order valence-corrected chi connectivity index (χ1v) is 7.35. The Morgan fingerprint density at radius 3 is 2.89 bits per heavy atom. The highest BCUT2D eigenvalue weighted by atomic mass is 35.5. The van der Waals surface area contributed by atoms with Gasteiger partial charge in [-0.15, -0.1) is 11.3 Å². The van der Waals surface area contributed by atoms with Crippen molar-refractivity contribution in [2.24, 2.45) is 0 Å². The van der Waals surface area contributed by atoms with E-state index in [-0.39, 0.29) is 6.04 Å². The fourth-order valence-corrected chi connectivity index (χ4v) is 3.65. The quantitative estimate of drug-likeness (QED) is 0.706. The van der Waals surface area contributed by atoms with E-state index in [0.29, 0.717) is 4.34 Å². The average molecular weight is 312 g/mol. The number of anilines is 1. The molecule has 3 rings (SSSR count). The fraction of sp³-hybridized carbons (Fsp3) is 0.154. The Balaban J connectivity index is 1.85. The first-order chi connectivity index (χ1) is 9.13. The number of nitrogens with zero attached hydrogens (tertiary/aromatic N) is 1. The minimum absolute atomic E-state index is 0.0978. The molecule has 0 saturated heterocycles. The smallest absolute Gasteiger partial charge is 0.0996 e. The largest absolute Gasteiger partial charge is 0.378 e. The van der Waals surface area contributed by atoms with Crippen molar-refractivity contribution in [1.29, 1.82) is 0 Å². The molecule has 2 N–H and O–H groups in total. The predicted molar refractivity (Wildman–Crippen MR) is 82.5 cm³/mol. The van der Waals surface area contributed by atoms with E-state index >= 15 is 0 Å². The summed E-state index contributed by atoms with van der Waals surface area (Å²) in [6, 6.07) is 8.07. The van der Waals surface area contributed by atoms with Crippen LogP contribution in [0.2, 0.25) is 8.67 Å². The van der Waals surface area contributed by atoms with Gasteiger partial charge in [-0.25, -0.2) is 0 Å². The zero-order valence-corrected chi connectivity index (χ0v) is 12.4. The lowest BCUT2D eigenvalue weighted by atomic mass is 10.1. The topological polar surface area (TPSA) is 40.7 Å². The maximum atomic E-state index is 6.16. The Labute approximate surface area is 124 Å². The van der Waals surface area contributed by atoms with E-state index < -0.39 is 0 Å². The highest BCUT2D eigenvalue weighted by Crippen LogP contribution is 2.36. The van der Waals surface area contributed by atoms with Crippen molar-refractivity contribution >= 4 is 51.1 Å². The Hall–Kier alpha value is -1.23. The standard InChI is InChI=1S/C13H11Cl2N3S/c1-7(10-5-12(14)19-13(10)15)17-9-2-3-11-8(4-9)6-16-18-11/h2-7,17H,1H3,(H,16,18). The lowest BCUT2D eigenvalue weighted by molar-refractivity contribution is 0.891. The van der Waals surface area contributed by atoms with Gasteiger partial charge < -0.3 is 5.32 Å². The lowest BCUT2D eigenvalue weighted by Gasteiger charge is -2.14. The van der Waals surface area contributed by atoms with Gasteiger partial charge in [0, 0.05) is 16.6 Å². The van der Waals surface area contributed by atoms with E-state index in [1.807, 2.05) is 18.2 Å². The number of aromatic amines is 1. The zero-order valence-electron chi connectivity index (χ0n) is 10.1. The summed E-state index contributed by atoms with van der Waals surface area (Å²) in [5.41, 5.74) is 3.07. The molecule has 0 bridgehead atoms. The molecule has 1 unspecified atom stereocenters. The van der Waals surface area contributed by atoms with Crippen molar-refractivity contribution < 1.29 is 0 Å². The predicted octanol–water partition coefficient (Wildman–Crippen LogP) is 5.10. The molecule has 0 amide bonds. The Morgan fingerprint density at radius 1 is 1.32 bits per heavy atom. The summed E-state index contributed by atoms with van der Waals surface area (Å²) in [6.45, 7) is 2.06. The molecule has 0 fully saturated rings. The molecule has 0 radical (unpaired) electrons. The van der Waals surface area contributed by atoms with Gasteiger partial charge in [0.15, 0.2) is 0 Å². The molecule has 1 atom stereocenters. The number of thiophene rings is 1. The van der Waals surface area contributed by atoms with Gasteiger partial charge in [-0.2, -0.15) is 5.10 Å². The van der Waals surface area contributed by atoms with Crippen molar-refractivity contribution in [2.45, 2.75) is 13.0 Å². The Morgan fingerprint density at radius 2 is 2.16 bits per heavy atom. The normalized spacial score (nSPS) is 12.8. The van der Waals surface area contributed by atoms with Crippen molar-refractivity contribution in [3.05, 3.63) is 44.7 Å². The number of hydrogen-bond donors (Lipinski definition) is 2. The van der Waals surface area contributed by atoms with Crippen LogP contribution in [0.25, 0.3) is 10.9 Å². The third kappa shape index (κ3) is 2.56. The maximum Gasteiger partial charge on any atom is 0.0996 e. The molecule has 0 spiro atoms. The van der Waals surface area contributed by atoms with E-state index in [1.54, 1.807) is 6.20 Å². The van der Waals surface area contributed by atoms with Crippen LogP contribution in [0.3, 0.4) is 0 Å². The van der Waals surface area contributed by atoms with E-state index in [4.69, 9.17) is 23.2 Å². The van der Waals surface area contributed by atoms with Crippen LogP contribution in [0, 0.1) is 0 Å². The van der Waals surface area contributed by atoms with Crippen LogP contribution in [0.4, 0.5) is 5.69 Å². The molecular weight excluding hydrogens is 301 g/mol. The number of halogens is 2. The summed E-state index contributed by atoms with van der Waals surface area (Å²) in [7, 11) is 0. The Kier molecular flexibility index (Phi) is 3.39. The summed E-state index contributed by atoms with van der Waals surface area (Å²) in [6.07, 6.45) is 1.81. The minimum atomic E-state index is 0.0978. The van der Waals surface area contributed by atoms with Crippen molar-refractivity contribution in [3.8, 4) is 0 Å². The number of aromatic nitrogens is 2. The highest BCUT2D eigenvalue weighted by Gasteiger charge is 2.13. The number of nitrogens with one attached hydrogen (secondary N) is 2. The van der Waals surface area contributed by atoms with Crippen LogP contribution in [0.15, 0.2) is 30.5 Å². The van der Waals surface area contributed by atoms with Crippen LogP contribution in [-0.4, -0.2) is 10.2 Å². The number of benzene rings is 1. The minimum Gasteiger partial charge on any atom is -0.378 e. The van der Waals surface area contributed by atoms with E-state index in [2.05, 4.69) is 28.5 Å². The second-order valence-electron chi connectivity index (χ2n) is 4.32. The van der Waals surface area contributed by atoms with Crippen molar-refractivity contribution in [2.75, 3.05) is 5.32 Å². The van der Waals surface area contributed by atoms with Crippen LogP contribution in [0.5, 0.6) is 0 Å². The van der Waals surface area contributed by atoms with Crippen molar-refractivity contribution in [3.63, 3.8) is 0 Å². The number of rotatable bonds is 3. The molecule has 1 aromatic carbocycles. The summed E-state index contributed by atoms with van der Waals surface area (Å²) >= 11 is 13.5. The first-order valence-electron chi connectivity index (χ1n) is 5.78. The molecule has 3 nitrogen and oxygen atoms in total. The molecule has 2 heterocycles. The summed E-state index contributed by atoms with van der Waals surface area (Å²) in [4.78, 5) is 0.